The fourth-order valence-electron chi connectivity index (χ4n) is 3.73. The fraction of sp³-hybridized carbons (Fsp3) is 0. The Morgan fingerprint density at radius 2 is 1.25 bits per heavy atom. The van der Waals surface area contributed by atoms with Gasteiger partial charge in [-0.2, -0.15) is 0 Å². The summed E-state index contributed by atoms with van der Waals surface area (Å²) in [6.45, 7) is 0. The number of hydrogen-bond acceptors (Lipinski definition) is 4. The number of fused-ring (bicyclic) bond motifs is 5. The molecule has 0 aliphatic rings. The second kappa shape index (κ2) is 5.79. The van der Waals surface area contributed by atoms with Gasteiger partial charge in [-0.1, -0.05) is 30.3 Å². The summed E-state index contributed by atoms with van der Waals surface area (Å²) in [4.78, 5) is 18.5. The number of rotatable bonds is 1. The first-order chi connectivity index (χ1) is 13.8. The van der Waals surface area contributed by atoms with Gasteiger partial charge in [0.2, 0.25) is 0 Å². The van der Waals surface area contributed by atoms with E-state index >= 15 is 0 Å². The number of aromatic nitrogens is 4. The van der Waals surface area contributed by atoms with Crippen molar-refractivity contribution in [3.63, 3.8) is 0 Å². The Labute approximate surface area is 160 Å². The van der Waals surface area contributed by atoms with Crippen LogP contribution in [-0.4, -0.2) is 19.9 Å². The summed E-state index contributed by atoms with van der Waals surface area (Å²) < 4.78 is 0. The molecule has 0 atom stereocenters. The van der Waals surface area contributed by atoms with Crippen LogP contribution in [0.2, 0.25) is 0 Å². The van der Waals surface area contributed by atoms with Gasteiger partial charge < -0.3 is 0 Å². The molecular formula is C24H14N4. The Morgan fingerprint density at radius 3 is 2.21 bits per heavy atom. The topological polar surface area (TPSA) is 51.6 Å². The summed E-state index contributed by atoms with van der Waals surface area (Å²) in [5, 5.41) is 4.33. The predicted octanol–water partition coefficient (Wildman–Crippen LogP) is 5.55. The van der Waals surface area contributed by atoms with Crippen LogP contribution in [0.3, 0.4) is 0 Å². The summed E-state index contributed by atoms with van der Waals surface area (Å²) in [6, 6.07) is 22.6. The van der Waals surface area contributed by atoms with E-state index in [9.17, 15) is 0 Å². The van der Waals surface area contributed by atoms with Gasteiger partial charge in [0.1, 0.15) is 0 Å². The van der Waals surface area contributed by atoms with Crippen LogP contribution >= 0.6 is 0 Å². The second-order valence-electron chi connectivity index (χ2n) is 6.87. The number of benzene rings is 2. The van der Waals surface area contributed by atoms with Crippen LogP contribution in [0.4, 0.5) is 0 Å². The summed E-state index contributed by atoms with van der Waals surface area (Å²) in [6.07, 6.45) is 5.50. The molecule has 0 aliphatic heterocycles. The molecule has 0 N–H and O–H groups in total. The SMILES string of the molecule is c1cnc2cc3ccc(-c4cnc5c(ccc6cccnc65)c4)nc3cc2c1. The maximum absolute atomic E-state index is 4.88. The molecule has 0 amide bonds. The highest BCUT2D eigenvalue weighted by atomic mass is 14.7. The van der Waals surface area contributed by atoms with Crippen molar-refractivity contribution in [2.75, 3.05) is 0 Å². The van der Waals surface area contributed by atoms with Crippen molar-refractivity contribution in [1.29, 1.82) is 0 Å². The third kappa shape index (κ3) is 2.32. The minimum Gasteiger partial charge on any atom is -0.256 e. The Bertz CT molecular complexity index is 1510. The van der Waals surface area contributed by atoms with Gasteiger partial charge in [-0.3, -0.25) is 15.0 Å². The highest BCUT2D eigenvalue weighted by Gasteiger charge is 2.08. The molecule has 4 aromatic heterocycles. The summed E-state index contributed by atoms with van der Waals surface area (Å²) >= 11 is 0. The molecule has 6 aromatic rings. The number of pyridine rings is 4. The van der Waals surface area contributed by atoms with E-state index in [1.54, 1.807) is 6.20 Å². The molecule has 0 fully saturated rings. The van der Waals surface area contributed by atoms with Crippen molar-refractivity contribution < 1.29 is 0 Å². The fourth-order valence-corrected chi connectivity index (χ4v) is 3.73. The first kappa shape index (κ1) is 15.2. The van der Waals surface area contributed by atoms with Crippen molar-refractivity contribution in [2.24, 2.45) is 0 Å². The van der Waals surface area contributed by atoms with E-state index in [0.29, 0.717) is 0 Å². The molecule has 6 rings (SSSR count). The molecule has 0 unspecified atom stereocenters. The molecule has 0 saturated heterocycles. The van der Waals surface area contributed by atoms with Crippen LogP contribution in [0.25, 0.3) is 54.9 Å². The maximum atomic E-state index is 4.88. The lowest BCUT2D eigenvalue weighted by atomic mass is 10.1. The normalized spacial score (nSPS) is 11.6. The molecule has 130 valence electrons. The second-order valence-corrected chi connectivity index (χ2v) is 6.87. The Hall–Kier alpha value is -3.92. The third-order valence-corrected chi connectivity index (χ3v) is 5.13. The zero-order chi connectivity index (χ0) is 18.5. The molecule has 4 heteroatoms. The molecule has 0 spiro atoms. The number of hydrogen-bond donors (Lipinski definition) is 0. The molecule has 0 aliphatic carbocycles. The largest absolute Gasteiger partial charge is 0.256 e. The Balaban J connectivity index is 1.54. The molecule has 0 bridgehead atoms. The van der Waals surface area contributed by atoms with E-state index in [0.717, 1.165) is 54.9 Å². The summed E-state index contributed by atoms with van der Waals surface area (Å²) in [7, 11) is 0. The summed E-state index contributed by atoms with van der Waals surface area (Å²) in [5.74, 6) is 0. The van der Waals surface area contributed by atoms with E-state index in [2.05, 4.69) is 58.5 Å². The van der Waals surface area contributed by atoms with Gasteiger partial charge in [0.05, 0.1) is 27.8 Å². The maximum Gasteiger partial charge on any atom is 0.0965 e. The van der Waals surface area contributed by atoms with Crippen LogP contribution < -0.4 is 0 Å². The molecular weight excluding hydrogens is 344 g/mol. The molecule has 0 radical (unpaired) electrons. The van der Waals surface area contributed by atoms with Gasteiger partial charge >= 0.3 is 0 Å². The quantitative estimate of drug-likeness (QED) is 0.286. The monoisotopic (exact) mass is 358 g/mol. The van der Waals surface area contributed by atoms with E-state index < -0.39 is 0 Å². The summed E-state index contributed by atoms with van der Waals surface area (Å²) in [5.41, 5.74) is 5.69. The first-order valence-corrected chi connectivity index (χ1v) is 9.15. The smallest absolute Gasteiger partial charge is 0.0965 e. The first-order valence-electron chi connectivity index (χ1n) is 9.15. The van der Waals surface area contributed by atoms with Crippen LogP contribution in [0.5, 0.6) is 0 Å². The standard InChI is InChI=1S/C24H14N4/c1-3-15-5-6-18-11-19(14-27-24(18)23(15)26-10-1)20-8-7-17-12-21-16(4-2-9-25-21)13-22(17)28-20/h1-14H. The van der Waals surface area contributed by atoms with Crippen LogP contribution in [-0.2, 0) is 0 Å². The molecule has 28 heavy (non-hydrogen) atoms. The lowest BCUT2D eigenvalue weighted by molar-refractivity contribution is 1.34. The van der Waals surface area contributed by atoms with Crippen molar-refractivity contribution >= 4 is 43.6 Å². The number of nitrogens with zero attached hydrogens (tertiary/aromatic N) is 4. The van der Waals surface area contributed by atoms with Crippen molar-refractivity contribution in [1.82, 2.24) is 19.9 Å². The van der Waals surface area contributed by atoms with Crippen LogP contribution in [0, 0.1) is 0 Å². The molecule has 4 heterocycles. The zero-order valence-corrected chi connectivity index (χ0v) is 14.9. The predicted molar refractivity (Wildman–Crippen MR) is 113 cm³/mol. The van der Waals surface area contributed by atoms with Gasteiger partial charge in [-0.15, -0.1) is 0 Å². The third-order valence-electron chi connectivity index (χ3n) is 5.13. The van der Waals surface area contributed by atoms with Gasteiger partial charge in [-0.05, 0) is 36.4 Å². The molecule has 2 aromatic carbocycles. The van der Waals surface area contributed by atoms with Gasteiger partial charge in [0.15, 0.2) is 0 Å². The highest BCUT2D eigenvalue weighted by molar-refractivity contribution is 6.03. The average molecular weight is 358 g/mol. The van der Waals surface area contributed by atoms with Gasteiger partial charge in [-0.25, -0.2) is 4.98 Å². The van der Waals surface area contributed by atoms with Gasteiger partial charge in [0.25, 0.3) is 0 Å². The lowest BCUT2D eigenvalue weighted by Crippen LogP contribution is -1.90. The van der Waals surface area contributed by atoms with Crippen molar-refractivity contribution in [2.45, 2.75) is 0 Å². The minimum absolute atomic E-state index is 0.909. The van der Waals surface area contributed by atoms with E-state index in [1.807, 2.05) is 30.6 Å². The van der Waals surface area contributed by atoms with Crippen molar-refractivity contribution in [3.8, 4) is 11.3 Å². The van der Waals surface area contributed by atoms with E-state index in [-0.39, 0.29) is 0 Å². The molecule has 4 nitrogen and oxygen atoms in total. The van der Waals surface area contributed by atoms with Crippen LogP contribution in [0.1, 0.15) is 0 Å². The van der Waals surface area contributed by atoms with E-state index in [1.165, 1.54) is 0 Å². The average Bonchev–Trinajstić information content (AvgIpc) is 2.76. The highest BCUT2D eigenvalue weighted by Crippen LogP contribution is 2.28. The Kier molecular flexibility index (Phi) is 3.14. The van der Waals surface area contributed by atoms with E-state index in [4.69, 9.17) is 9.97 Å². The van der Waals surface area contributed by atoms with Crippen LogP contribution in [0.15, 0.2) is 85.3 Å². The lowest BCUT2D eigenvalue weighted by Gasteiger charge is -2.07. The minimum atomic E-state index is 0.909. The van der Waals surface area contributed by atoms with Crippen molar-refractivity contribution in [3.05, 3.63) is 85.3 Å². The Morgan fingerprint density at radius 1 is 0.536 bits per heavy atom. The van der Waals surface area contributed by atoms with Gasteiger partial charge in [0, 0.05) is 45.7 Å². The zero-order valence-electron chi connectivity index (χ0n) is 14.9. The molecule has 0 saturated carbocycles.